The largest absolute Gasteiger partial charge is 0.396 e. The lowest BCUT2D eigenvalue weighted by molar-refractivity contribution is -0.121. The third-order valence-electron chi connectivity index (χ3n) is 2.96. The Labute approximate surface area is 108 Å². The van der Waals surface area contributed by atoms with E-state index in [1.54, 1.807) is 11.8 Å². The van der Waals surface area contributed by atoms with Gasteiger partial charge in [0, 0.05) is 25.3 Å². The van der Waals surface area contributed by atoms with Crippen LogP contribution in [-0.2, 0) is 4.79 Å². The van der Waals surface area contributed by atoms with Crippen molar-refractivity contribution in [1.29, 1.82) is 0 Å². The first kappa shape index (κ1) is 14.8. The van der Waals surface area contributed by atoms with Gasteiger partial charge in [0.05, 0.1) is 0 Å². The minimum Gasteiger partial charge on any atom is -0.396 e. The number of nitrogens with one attached hydrogen (secondary N) is 2. The Morgan fingerprint density at radius 2 is 2.35 bits per heavy atom. The molecule has 1 aliphatic rings. The lowest BCUT2D eigenvalue weighted by Gasteiger charge is -2.08. The van der Waals surface area contributed by atoms with Gasteiger partial charge in [-0.3, -0.25) is 4.79 Å². The Morgan fingerprint density at radius 1 is 1.47 bits per heavy atom. The smallest absolute Gasteiger partial charge is 0.220 e. The van der Waals surface area contributed by atoms with E-state index < -0.39 is 0 Å². The third-order valence-corrected chi connectivity index (χ3v) is 4.03. The molecule has 1 unspecified atom stereocenters. The van der Waals surface area contributed by atoms with Crippen molar-refractivity contribution < 1.29 is 9.90 Å². The van der Waals surface area contributed by atoms with Crippen LogP contribution in [-0.4, -0.2) is 48.8 Å². The number of thioether (sulfide) groups is 1. The van der Waals surface area contributed by atoms with Crippen LogP contribution < -0.4 is 10.6 Å². The quantitative estimate of drug-likeness (QED) is 0.532. The van der Waals surface area contributed by atoms with Crippen molar-refractivity contribution in [2.45, 2.75) is 25.7 Å². The van der Waals surface area contributed by atoms with Gasteiger partial charge in [-0.15, -0.1) is 0 Å². The van der Waals surface area contributed by atoms with E-state index in [-0.39, 0.29) is 12.5 Å². The maximum absolute atomic E-state index is 11.5. The van der Waals surface area contributed by atoms with E-state index >= 15 is 0 Å². The first-order valence-corrected chi connectivity index (χ1v) is 7.64. The van der Waals surface area contributed by atoms with E-state index in [1.807, 2.05) is 0 Å². The van der Waals surface area contributed by atoms with Gasteiger partial charge in [-0.2, -0.15) is 11.8 Å². The summed E-state index contributed by atoms with van der Waals surface area (Å²) < 4.78 is 0. The lowest BCUT2D eigenvalue weighted by atomic mass is 10.0. The average Bonchev–Trinajstić information content (AvgIpc) is 2.84. The van der Waals surface area contributed by atoms with Crippen LogP contribution in [0.1, 0.15) is 25.7 Å². The summed E-state index contributed by atoms with van der Waals surface area (Å²) in [5.74, 6) is 2.79. The van der Waals surface area contributed by atoms with E-state index in [0.717, 1.165) is 44.0 Å². The molecule has 1 rings (SSSR count). The average molecular weight is 260 g/mol. The number of hydrogen-bond acceptors (Lipinski definition) is 4. The molecule has 5 heteroatoms. The van der Waals surface area contributed by atoms with Crippen LogP contribution in [0.2, 0.25) is 0 Å². The predicted molar refractivity (Wildman–Crippen MR) is 72.2 cm³/mol. The zero-order valence-corrected chi connectivity index (χ0v) is 11.2. The maximum Gasteiger partial charge on any atom is 0.220 e. The first-order valence-electron chi connectivity index (χ1n) is 6.49. The summed E-state index contributed by atoms with van der Waals surface area (Å²) in [6.07, 6.45) is 3.72. The highest BCUT2D eigenvalue weighted by molar-refractivity contribution is 7.99. The molecule has 100 valence electrons. The molecule has 0 radical (unpaired) electrons. The van der Waals surface area contributed by atoms with E-state index in [1.165, 1.54) is 6.42 Å². The van der Waals surface area contributed by atoms with Gasteiger partial charge in [0.25, 0.3) is 0 Å². The van der Waals surface area contributed by atoms with Gasteiger partial charge >= 0.3 is 0 Å². The Kier molecular flexibility index (Phi) is 8.48. The predicted octanol–water partition coefficient (Wildman–Crippen LogP) is 0.608. The van der Waals surface area contributed by atoms with Gasteiger partial charge in [0.2, 0.25) is 5.91 Å². The van der Waals surface area contributed by atoms with E-state index in [9.17, 15) is 4.79 Å². The second kappa shape index (κ2) is 9.74. The molecule has 0 aromatic heterocycles. The standard InChI is InChI=1S/C12H24N2O2S/c15-7-1-8-17-9-6-14-12(16)3-2-11-4-5-13-10-11/h11,13,15H,1-10H2,(H,14,16). The lowest BCUT2D eigenvalue weighted by Crippen LogP contribution is -2.26. The van der Waals surface area contributed by atoms with Crippen molar-refractivity contribution in [2.75, 3.05) is 37.7 Å². The van der Waals surface area contributed by atoms with Gasteiger partial charge in [0.1, 0.15) is 0 Å². The second-order valence-electron chi connectivity index (χ2n) is 4.44. The van der Waals surface area contributed by atoms with E-state index in [0.29, 0.717) is 12.3 Å². The van der Waals surface area contributed by atoms with Crippen LogP contribution in [0.5, 0.6) is 0 Å². The van der Waals surface area contributed by atoms with Crippen LogP contribution >= 0.6 is 11.8 Å². The summed E-state index contributed by atoms with van der Waals surface area (Å²) in [5.41, 5.74) is 0. The Hall–Kier alpha value is -0.260. The minimum atomic E-state index is 0.180. The highest BCUT2D eigenvalue weighted by atomic mass is 32.2. The summed E-state index contributed by atoms with van der Waals surface area (Å²) in [5, 5.41) is 14.8. The highest BCUT2D eigenvalue weighted by Gasteiger charge is 2.15. The van der Waals surface area contributed by atoms with Crippen molar-refractivity contribution in [3.05, 3.63) is 0 Å². The molecule has 1 aliphatic heterocycles. The van der Waals surface area contributed by atoms with Crippen molar-refractivity contribution in [1.82, 2.24) is 10.6 Å². The monoisotopic (exact) mass is 260 g/mol. The van der Waals surface area contributed by atoms with Gasteiger partial charge in [0.15, 0.2) is 0 Å². The molecular formula is C12H24N2O2S. The zero-order chi connectivity index (χ0) is 12.3. The molecule has 1 heterocycles. The molecule has 17 heavy (non-hydrogen) atoms. The summed E-state index contributed by atoms with van der Waals surface area (Å²) in [6.45, 7) is 3.19. The number of carbonyl (C=O) groups is 1. The first-order chi connectivity index (χ1) is 8.33. The Morgan fingerprint density at radius 3 is 3.06 bits per heavy atom. The summed E-state index contributed by atoms with van der Waals surface area (Å²) in [4.78, 5) is 11.5. The third kappa shape index (κ3) is 7.63. The number of amides is 1. The Balaban J connectivity index is 1.87. The number of rotatable bonds is 9. The van der Waals surface area contributed by atoms with Gasteiger partial charge in [-0.25, -0.2) is 0 Å². The normalized spacial score (nSPS) is 19.5. The topological polar surface area (TPSA) is 61.4 Å². The van der Waals surface area contributed by atoms with E-state index in [2.05, 4.69) is 10.6 Å². The van der Waals surface area contributed by atoms with Crippen LogP contribution in [0.15, 0.2) is 0 Å². The van der Waals surface area contributed by atoms with E-state index in [4.69, 9.17) is 5.11 Å². The molecule has 0 bridgehead atoms. The Bertz CT molecular complexity index is 209. The molecule has 4 nitrogen and oxygen atoms in total. The zero-order valence-electron chi connectivity index (χ0n) is 10.4. The second-order valence-corrected chi connectivity index (χ2v) is 5.66. The van der Waals surface area contributed by atoms with Gasteiger partial charge < -0.3 is 15.7 Å². The van der Waals surface area contributed by atoms with Crippen molar-refractivity contribution in [3.63, 3.8) is 0 Å². The molecule has 3 N–H and O–H groups in total. The molecule has 1 saturated heterocycles. The maximum atomic E-state index is 11.5. The molecule has 0 saturated carbocycles. The van der Waals surface area contributed by atoms with Crippen LogP contribution in [0.4, 0.5) is 0 Å². The van der Waals surface area contributed by atoms with Crippen LogP contribution in [0.3, 0.4) is 0 Å². The molecule has 0 aromatic carbocycles. The molecule has 0 aromatic rings. The van der Waals surface area contributed by atoms with Crippen LogP contribution in [0, 0.1) is 5.92 Å². The summed E-state index contributed by atoms with van der Waals surface area (Å²) in [6, 6.07) is 0. The van der Waals surface area contributed by atoms with Crippen molar-refractivity contribution in [3.8, 4) is 0 Å². The molecule has 0 aliphatic carbocycles. The fraction of sp³-hybridized carbons (Fsp3) is 0.917. The van der Waals surface area contributed by atoms with Crippen molar-refractivity contribution in [2.24, 2.45) is 5.92 Å². The molecular weight excluding hydrogens is 236 g/mol. The highest BCUT2D eigenvalue weighted by Crippen LogP contribution is 2.13. The summed E-state index contributed by atoms with van der Waals surface area (Å²) in [7, 11) is 0. The molecule has 1 atom stereocenters. The molecule has 0 spiro atoms. The SMILES string of the molecule is O=C(CCC1CCNC1)NCCSCCCO. The van der Waals surface area contributed by atoms with Crippen LogP contribution in [0.25, 0.3) is 0 Å². The van der Waals surface area contributed by atoms with Gasteiger partial charge in [-0.05, 0) is 44.0 Å². The molecule has 1 amide bonds. The van der Waals surface area contributed by atoms with Crippen molar-refractivity contribution >= 4 is 17.7 Å². The fourth-order valence-electron chi connectivity index (χ4n) is 1.92. The minimum absolute atomic E-state index is 0.180. The summed E-state index contributed by atoms with van der Waals surface area (Å²) >= 11 is 1.78. The molecule has 1 fully saturated rings. The number of carbonyl (C=O) groups excluding carboxylic acids is 1. The number of aliphatic hydroxyl groups is 1. The number of hydrogen-bond donors (Lipinski definition) is 3. The van der Waals surface area contributed by atoms with Gasteiger partial charge in [-0.1, -0.05) is 0 Å². The fourth-order valence-corrected chi connectivity index (χ4v) is 2.70. The number of aliphatic hydroxyl groups excluding tert-OH is 1.